The van der Waals surface area contributed by atoms with Crippen LogP contribution >= 0.6 is 0 Å². The van der Waals surface area contributed by atoms with Crippen molar-refractivity contribution < 1.29 is 4.79 Å². The number of hydrogen-bond donors (Lipinski definition) is 1. The van der Waals surface area contributed by atoms with Gasteiger partial charge in [-0.05, 0) is 12.1 Å². The number of amides is 1. The van der Waals surface area contributed by atoms with E-state index >= 15 is 0 Å². The van der Waals surface area contributed by atoms with E-state index in [2.05, 4.69) is 28.1 Å². The van der Waals surface area contributed by atoms with Gasteiger partial charge in [0.1, 0.15) is 0 Å². The van der Waals surface area contributed by atoms with Gasteiger partial charge >= 0.3 is 0 Å². The Labute approximate surface area is 124 Å². The number of anilines is 1. The number of nitrogens with one attached hydrogen (secondary N) is 1. The molecule has 3 aromatic rings. The number of rotatable bonds is 1. The zero-order chi connectivity index (χ0) is 15.2. The number of hydrogen-bond acceptors (Lipinski definition) is 1. The van der Waals surface area contributed by atoms with Crippen molar-refractivity contribution in [3.63, 3.8) is 0 Å². The Morgan fingerprint density at radius 3 is 2.38 bits per heavy atom. The van der Waals surface area contributed by atoms with Gasteiger partial charge in [-0.3, -0.25) is 4.79 Å². The predicted octanol–water partition coefficient (Wildman–Crippen LogP) is 4.32. The molecule has 1 heterocycles. The maximum absolute atomic E-state index is 12.3. The second kappa shape index (κ2) is 4.62. The predicted molar refractivity (Wildman–Crippen MR) is 88.5 cm³/mol. The molecule has 108 valence electrons. The number of aromatic nitrogens is 1. The molecule has 0 fully saturated rings. The van der Waals surface area contributed by atoms with E-state index in [0.29, 0.717) is 0 Å². The van der Waals surface area contributed by atoms with Crippen LogP contribution in [0.3, 0.4) is 0 Å². The summed E-state index contributed by atoms with van der Waals surface area (Å²) < 4.78 is 2.14. The molecular weight excluding hydrogens is 260 g/mol. The van der Waals surface area contributed by atoms with Crippen LogP contribution in [0.1, 0.15) is 20.8 Å². The minimum absolute atomic E-state index is 0.0280. The van der Waals surface area contributed by atoms with Gasteiger partial charge in [-0.25, -0.2) is 0 Å². The van der Waals surface area contributed by atoms with E-state index in [9.17, 15) is 4.79 Å². The molecule has 1 aromatic heterocycles. The fraction of sp³-hybridized carbons (Fsp3) is 0.278. The van der Waals surface area contributed by atoms with Crippen LogP contribution in [0.25, 0.3) is 21.8 Å². The van der Waals surface area contributed by atoms with E-state index in [-0.39, 0.29) is 5.91 Å². The molecule has 0 bridgehead atoms. The van der Waals surface area contributed by atoms with Crippen molar-refractivity contribution in [1.82, 2.24) is 4.57 Å². The number of nitrogens with zero attached hydrogens (tertiary/aromatic N) is 1. The third-order valence-electron chi connectivity index (χ3n) is 3.86. The summed E-state index contributed by atoms with van der Waals surface area (Å²) >= 11 is 0. The second-order valence-corrected chi connectivity index (χ2v) is 6.48. The maximum Gasteiger partial charge on any atom is 0.229 e. The molecule has 3 nitrogen and oxygen atoms in total. The average Bonchev–Trinajstić information content (AvgIpc) is 2.73. The number of carbonyl (C=O) groups is 1. The SMILES string of the molecule is Cn1c2ccccc2c2cccc(NC(=O)C(C)(C)C)c21. The fourth-order valence-electron chi connectivity index (χ4n) is 2.65. The highest BCUT2D eigenvalue weighted by atomic mass is 16.2. The zero-order valence-corrected chi connectivity index (χ0v) is 12.9. The second-order valence-electron chi connectivity index (χ2n) is 6.48. The minimum Gasteiger partial charge on any atom is -0.342 e. The lowest BCUT2D eigenvalue weighted by Crippen LogP contribution is -2.27. The summed E-state index contributed by atoms with van der Waals surface area (Å²) in [5.74, 6) is 0.0280. The van der Waals surface area contributed by atoms with Crippen LogP contribution in [-0.2, 0) is 11.8 Å². The molecule has 0 atom stereocenters. The van der Waals surface area contributed by atoms with Gasteiger partial charge in [-0.15, -0.1) is 0 Å². The molecule has 3 rings (SSSR count). The molecule has 0 saturated heterocycles. The first-order valence-corrected chi connectivity index (χ1v) is 7.17. The first kappa shape index (κ1) is 13.7. The molecule has 0 unspecified atom stereocenters. The average molecular weight is 280 g/mol. The maximum atomic E-state index is 12.3. The summed E-state index contributed by atoms with van der Waals surface area (Å²) in [5.41, 5.74) is 2.69. The monoisotopic (exact) mass is 280 g/mol. The molecule has 2 aromatic carbocycles. The quantitative estimate of drug-likeness (QED) is 0.708. The van der Waals surface area contributed by atoms with Crippen LogP contribution in [0.15, 0.2) is 42.5 Å². The van der Waals surface area contributed by atoms with E-state index in [1.165, 1.54) is 16.3 Å². The largest absolute Gasteiger partial charge is 0.342 e. The van der Waals surface area contributed by atoms with E-state index in [1.54, 1.807) is 0 Å². The molecule has 0 spiro atoms. The Morgan fingerprint density at radius 2 is 1.67 bits per heavy atom. The van der Waals surface area contributed by atoms with Crippen LogP contribution < -0.4 is 5.32 Å². The molecule has 0 saturated carbocycles. The standard InChI is InChI=1S/C18H20N2O/c1-18(2,3)17(21)19-14-10-7-9-13-12-8-5-6-11-15(12)20(4)16(13)14/h5-11H,1-4H3,(H,19,21). The van der Waals surface area contributed by atoms with E-state index in [0.717, 1.165) is 11.2 Å². The van der Waals surface area contributed by atoms with Crippen LogP contribution in [0.2, 0.25) is 0 Å². The number of carbonyl (C=O) groups excluding carboxylic acids is 1. The van der Waals surface area contributed by atoms with Crippen LogP contribution in [-0.4, -0.2) is 10.5 Å². The Bertz CT molecular complexity index is 837. The topological polar surface area (TPSA) is 34.0 Å². The molecular formula is C18H20N2O. The Hall–Kier alpha value is -2.29. The first-order valence-electron chi connectivity index (χ1n) is 7.17. The van der Waals surface area contributed by atoms with Crippen molar-refractivity contribution in [1.29, 1.82) is 0 Å². The van der Waals surface area contributed by atoms with Crippen molar-refractivity contribution in [2.24, 2.45) is 12.5 Å². The van der Waals surface area contributed by atoms with Gasteiger partial charge in [0.2, 0.25) is 5.91 Å². The van der Waals surface area contributed by atoms with Gasteiger partial charge in [0, 0.05) is 28.8 Å². The van der Waals surface area contributed by atoms with E-state index < -0.39 is 5.41 Å². The molecule has 1 amide bonds. The molecule has 0 aliphatic rings. The molecule has 0 radical (unpaired) electrons. The van der Waals surface area contributed by atoms with Gasteiger partial charge in [-0.2, -0.15) is 0 Å². The highest BCUT2D eigenvalue weighted by Crippen LogP contribution is 2.33. The van der Waals surface area contributed by atoms with Crippen molar-refractivity contribution in [3.8, 4) is 0 Å². The molecule has 0 aliphatic carbocycles. The fourth-order valence-corrected chi connectivity index (χ4v) is 2.65. The number of aryl methyl sites for hydroxylation is 1. The summed E-state index contributed by atoms with van der Waals surface area (Å²) in [7, 11) is 2.04. The normalized spacial score (nSPS) is 12.0. The molecule has 3 heteroatoms. The number of fused-ring (bicyclic) bond motifs is 3. The lowest BCUT2D eigenvalue weighted by atomic mass is 9.95. The van der Waals surface area contributed by atoms with Gasteiger partial charge in [0.05, 0.1) is 11.2 Å². The molecule has 1 N–H and O–H groups in total. The summed E-state index contributed by atoms with van der Waals surface area (Å²) in [5, 5.41) is 5.44. The van der Waals surface area contributed by atoms with Gasteiger partial charge in [-0.1, -0.05) is 51.1 Å². The summed E-state index contributed by atoms with van der Waals surface area (Å²) in [6.45, 7) is 5.76. The number of para-hydroxylation sites is 2. The minimum atomic E-state index is -0.410. The van der Waals surface area contributed by atoms with Crippen LogP contribution in [0.5, 0.6) is 0 Å². The molecule has 21 heavy (non-hydrogen) atoms. The third kappa shape index (κ3) is 2.19. The highest BCUT2D eigenvalue weighted by molar-refractivity contribution is 6.14. The van der Waals surface area contributed by atoms with Crippen LogP contribution in [0, 0.1) is 5.41 Å². The lowest BCUT2D eigenvalue weighted by Gasteiger charge is -2.18. The summed E-state index contributed by atoms with van der Waals surface area (Å²) in [4.78, 5) is 12.3. The third-order valence-corrected chi connectivity index (χ3v) is 3.86. The van der Waals surface area contributed by atoms with Crippen molar-refractivity contribution >= 4 is 33.4 Å². The van der Waals surface area contributed by atoms with Crippen molar-refractivity contribution in [2.45, 2.75) is 20.8 Å². The zero-order valence-electron chi connectivity index (χ0n) is 12.9. The van der Waals surface area contributed by atoms with Crippen molar-refractivity contribution in [2.75, 3.05) is 5.32 Å². The Kier molecular flexibility index (Phi) is 3.01. The highest BCUT2D eigenvalue weighted by Gasteiger charge is 2.22. The van der Waals surface area contributed by atoms with Gasteiger partial charge in [0.25, 0.3) is 0 Å². The Balaban J connectivity index is 2.23. The van der Waals surface area contributed by atoms with E-state index in [4.69, 9.17) is 0 Å². The summed E-state index contributed by atoms with van der Waals surface area (Å²) in [6, 6.07) is 14.4. The summed E-state index contributed by atoms with van der Waals surface area (Å²) in [6.07, 6.45) is 0. The number of benzene rings is 2. The van der Waals surface area contributed by atoms with Crippen molar-refractivity contribution in [3.05, 3.63) is 42.5 Å². The molecule has 0 aliphatic heterocycles. The van der Waals surface area contributed by atoms with Gasteiger partial charge < -0.3 is 9.88 Å². The lowest BCUT2D eigenvalue weighted by molar-refractivity contribution is -0.123. The van der Waals surface area contributed by atoms with Gasteiger partial charge in [0.15, 0.2) is 0 Å². The van der Waals surface area contributed by atoms with Crippen LogP contribution in [0.4, 0.5) is 5.69 Å². The first-order chi connectivity index (χ1) is 9.89. The Morgan fingerprint density at radius 1 is 1.00 bits per heavy atom. The smallest absolute Gasteiger partial charge is 0.229 e. The van der Waals surface area contributed by atoms with E-state index in [1.807, 2.05) is 52.1 Å².